The van der Waals surface area contributed by atoms with Gasteiger partial charge in [0.25, 0.3) is 0 Å². The smallest absolute Gasteiger partial charge is 0.242 e. The van der Waals surface area contributed by atoms with Crippen LogP contribution < -0.4 is 15.5 Å². The van der Waals surface area contributed by atoms with Crippen LogP contribution in [0.25, 0.3) is 0 Å². The Kier molecular flexibility index (Phi) is 4.42. The Hall–Kier alpha value is -1.85. The minimum atomic E-state index is -0.122. The van der Waals surface area contributed by atoms with Crippen LogP contribution in [0, 0.1) is 6.92 Å². The van der Waals surface area contributed by atoms with Crippen LogP contribution in [-0.2, 0) is 11.2 Å². The van der Waals surface area contributed by atoms with Crippen LogP contribution in [-0.4, -0.2) is 42.6 Å². The molecule has 1 aliphatic rings. The lowest BCUT2D eigenvalue weighted by Gasteiger charge is -2.26. The first-order valence-corrected chi connectivity index (χ1v) is 7.15. The normalized spacial score (nSPS) is 18.2. The average Bonchev–Trinajstić information content (AvgIpc) is 2.96. The molecule has 1 aliphatic heterocycles. The maximum Gasteiger partial charge on any atom is 0.242 e. The molecule has 0 radical (unpaired) electrons. The van der Waals surface area contributed by atoms with Crippen LogP contribution in [0.4, 0.5) is 11.6 Å². The quantitative estimate of drug-likeness (QED) is 0.862. The van der Waals surface area contributed by atoms with E-state index in [0.717, 1.165) is 48.8 Å². The van der Waals surface area contributed by atoms with Crippen molar-refractivity contribution in [1.82, 2.24) is 15.3 Å². The molecule has 1 amide bonds. The van der Waals surface area contributed by atoms with Gasteiger partial charge in [-0.2, -0.15) is 0 Å². The maximum absolute atomic E-state index is 12.0. The van der Waals surface area contributed by atoms with Crippen LogP contribution in [0.5, 0.6) is 0 Å². The average molecular weight is 277 g/mol. The molecule has 1 fully saturated rings. The van der Waals surface area contributed by atoms with E-state index >= 15 is 0 Å². The number of nitrogens with one attached hydrogen (secondary N) is 2. The van der Waals surface area contributed by atoms with Crippen LogP contribution >= 0.6 is 0 Å². The molecule has 1 atom stereocenters. The van der Waals surface area contributed by atoms with E-state index in [1.807, 2.05) is 20.9 Å². The van der Waals surface area contributed by atoms with Gasteiger partial charge in [-0.05, 0) is 19.8 Å². The summed E-state index contributed by atoms with van der Waals surface area (Å²) in [6.07, 6.45) is 2.66. The van der Waals surface area contributed by atoms with E-state index in [9.17, 15) is 4.79 Å². The Morgan fingerprint density at radius 2 is 2.15 bits per heavy atom. The molecule has 110 valence electrons. The van der Waals surface area contributed by atoms with Crippen molar-refractivity contribution < 1.29 is 4.79 Å². The van der Waals surface area contributed by atoms with Gasteiger partial charge in [-0.1, -0.05) is 6.92 Å². The Labute approximate surface area is 120 Å². The Morgan fingerprint density at radius 1 is 1.40 bits per heavy atom. The standard InChI is InChI=1S/C14H23N5O/c1-5-11-17-12(15-3)9(2)13(18-11)19-8-6-7-10(19)14(20)16-4/h10H,5-8H2,1-4H3,(H,16,20)(H,15,17,18). The van der Waals surface area contributed by atoms with E-state index in [1.165, 1.54) is 0 Å². The molecule has 0 aliphatic carbocycles. The van der Waals surface area contributed by atoms with Crippen molar-refractivity contribution in [2.45, 2.75) is 39.2 Å². The van der Waals surface area contributed by atoms with Gasteiger partial charge in [0.2, 0.25) is 5.91 Å². The molecule has 1 aromatic heterocycles. The van der Waals surface area contributed by atoms with Gasteiger partial charge in [-0.3, -0.25) is 4.79 Å². The number of carbonyl (C=O) groups excluding carboxylic acids is 1. The van der Waals surface area contributed by atoms with Crippen molar-refractivity contribution in [2.24, 2.45) is 0 Å². The number of rotatable bonds is 4. The number of hydrogen-bond donors (Lipinski definition) is 2. The summed E-state index contributed by atoms with van der Waals surface area (Å²) < 4.78 is 0. The Bertz CT molecular complexity index is 503. The zero-order valence-electron chi connectivity index (χ0n) is 12.7. The number of likely N-dealkylation sites (N-methyl/N-ethyl adjacent to an activating group) is 1. The zero-order valence-corrected chi connectivity index (χ0v) is 12.7. The van der Waals surface area contributed by atoms with Crippen molar-refractivity contribution in [2.75, 3.05) is 30.9 Å². The summed E-state index contributed by atoms with van der Waals surface area (Å²) in [4.78, 5) is 23.2. The minimum absolute atomic E-state index is 0.0598. The minimum Gasteiger partial charge on any atom is -0.373 e. The molecule has 0 aromatic carbocycles. The first kappa shape index (κ1) is 14.6. The fourth-order valence-electron chi connectivity index (χ4n) is 2.69. The highest BCUT2D eigenvalue weighted by Crippen LogP contribution is 2.30. The molecule has 6 heteroatoms. The predicted octanol–water partition coefficient (Wildman–Crippen LogP) is 1.10. The molecular weight excluding hydrogens is 254 g/mol. The van der Waals surface area contributed by atoms with Gasteiger partial charge in [0, 0.05) is 32.6 Å². The lowest BCUT2D eigenvalue weighted by atomic mass is 10.2. The third-order valence-electron chi connectivity index (χ3n) is 3.79. The van der Waals surface area contributed by atoms with Crippen LogP contribution in [0.3, 0.4) is 0 Å². The molecule has 1 saturated heterocycles. The molecule has 0 spiro atoms. The fourth-order valence-corrected chi connectivity index (χ4v) is 2.69. The highest BCUT2D eigenvalue weighted by molar-refractivity contribution is 5.85. The second kappa shape index (κ2) is 6.07. The summed E-state index contributed by atoms with van der Waals surface area (Å²) in [6.45, 7) is 4.90. The van der Waals surface area contributed by atoms with Crippen LogP contribution in [0.1, 0.15) is 31.2 Å². The van der Waals surface area contributed by atoms with Crippen molar-refractivity contribution in [3.8, 4) is 0 Å². The SMILES string of the molecule is CCc1nc(NC)c(C)c(N2CCCC2C(=O)NC)n1. The molecule has 2 N–H and O–H groups in total. The molecule has 1 aromatic rings. The van der Waals surface area contributed by atoms with Gasteiger partial charge < -0.3 is 15.5 Å². The molecule has 6 nitrogen and oxygen atoms in total. The Balaban J connectivity index is 2.42. The molecule has 2 rings (SSSR count). The fraction of sp³-hybridized carbons (Fsp3) is 0.643. The highest BCUT2D eigenvalue weighted by Gasteiger charge is 2.32. The largest absolute Gasteiger partial charge is 0.373 e. The lowest BCUT2D eigenvalue weighted by Crippen LogP contribution is -2.42. The third-order valence-corrected chi connectivity index (χ3v) is 3.79. The van der Waals surface area contributed by atoms with Crippen LogP contribution in [0.2, 0.25) is 0 Å². The molecule has 2 heterocycles. The summed E-state index contributed by atoms with van der Waals surface area (Å²) in [7, 11) is 3.54. The topological polar surface area (TPSA) is 70.2 Å². The van der Waals surface area contributed by atoms with Crippen molar-refractivity contribution in [1.29, 1.82) is 0 Å². The molecular formula is C14H23N5O. The zero-order chi connectivity index (χ0) is 14.7. The summed E-state index contributed by atoms with van der Waals surface area (Å²) in [6, 6.07) is -0.122. The van der Waals surface area contributed by atoms with E-state index < -0.39 is 0 Å². The van der Waals surface area contributed by atoms with Gasteiger partial charge in [-0.25, -0.2) is 9.97 Å². The number of amides is 1. The number of aromatic nitrogens is 2. The second-order valence-electron chi connectivity index (χ2n) is 5.01. The van der Waals surface area contributed by atoms with Crippen LogP contribution in [0.15, 0.2) is 0 Å². The maximum atomic E-state index is 12.0. The second-order valence-corrected chi connectivity index (χ2v) is 5.01. The monoisotopic (exact) mass is 277 g/mol. The van der Waals surface area contributed by atoms with E-state index in [1.54, 1.807) is 7.05 Å². The number of carbonyl (C=O) groups is 1. The molecule has 0 saturated carbocycles. The van der Waals surface area contributed by atoms with Crippen molar-refractivity contribution in [3.05, 3.63) is 11.4 Å². The van der Waals surface area contributed by atoms with Gasteiger partial charge in [0.15, 0.2) is 0 Å². The predicted molar refractivity (Wildman–Crippen MR) is 80.1 cm³/mol. The van der Waals surface area contributed by atoms with Gasteiger partial charge >= 0.3 is 0 Å². The van der Waals surface area contributed by atoms with E-state index in [0.29, 0.717) is 0 Å². The number of hydrogen-bond acceptors (Lipinski definition) is 5. The first-order chi connectivity index (χ1) is 9.62. The van der Waals surface area contributed by atoms with Gasteiger partial charge in [-0.15, -0.1) is 0 Å². The highest BCUT2D eigenvalue weighted by atomic mass is 16.2. The van der Waals surface area contributed by atoms with Gasteiger partial charge in [0.1, 0.15) is 23.5 Å². The molecule has 1 unspecified atom stereocenters. The summed E-state index contributed by atoms with van der Waals surface area (Å²) in [5.74, 6) is 2.59. The molecule has 0 bridgehead atoms. The van der Waals surface area contributed by atoms with E-state index in [4.69, 9.17) is 0 Å². The lowest BCUT2D eigenvalue weighted by molar-refractivity contribution is -0.121. The molecule has 20 heavy (non-hydrogen) atoms. The number of anilines is 2. The van der Waals surface area contributed by atoms with E-state index in [-0.39, 0.29) is 11.9 Å². The summed E-state index contributed by atoms with van der Waals surface area (Å²) >= 11 is 0. The summed E-state index contributed by atoms with van der Waals surface area (Å²) in [5, 5.41) is 5.86. The van der Waals surface area contributed by atoms with Crippen molar-refractivity contribution in [3.63, 3.8) is 0 Å². The first-order valence-electron chi connectivity index (χ1n) is 7.15. The summed E-state index contributed by atoms with van der Waals surface area (Å²) in [5.41, 5.74) is 1.00. The number of aryl methyl sites for hydroxylation is 1. The Morgan fingerprint density at radius 3 is 2.75 bits per heavy atom. The third kappa shape index (κ3) is 2.55. The van der Waals surface area contributed by atoms with Gasteiger partial charge in [0.05, 0.1) is 0 Å². The van der Waals surface area contributed by atoms with E-state index in [2.05, 4.69) is 25.5 Å². The number of nitrogens with zero attached hydrogens (tertiary/aromatic N) is 3. The van der Waals surface area contributed by atoms with Crippen molar-refractivity contribution >= 4 is 17.5 Å².